The molecule has 37 heavy (non-hydrogen) atoms. The van der Waals surface area contributed by atoms with Gasteiger partial charge in [0.15, 0.2) is 5.65 Å². The third-order valence-electron chi connectivity index (χ3n) is 5.43. The summed E-state index contributed by atoms with van der Waals surface area (Å²) in [5.41, 5.74) is -0.140. The molecule has 0 aliphatic carbocycles. The van der Waals surface area contributed by atoms with Crippen molar-refractivity contribution in [2.75, 3.05) is 10.6 Å². The van der Waals surface area contributed by atoms with Crippen LogP contribution in [0, 0.1) is 0 Å². The Hall–Kier alpha value is -4.74. The summed E-state index contributed by atoms with van der Waals surface area (Å²) in [7, 11) is 0. The van der Waals surface area contributed by atoms with Gasteiger partial charge in [-0.25, -0.2) is 9.67 Å². The summed E-state index contributed by atoms with van der Waals surface area (Å²) in [6.07, 6.45) is -1.74. The fourth-order valence-electron chi connectivity index (χ4n) is 3.70. The minimum Gasteiger partial charge on any atom is -0.324 e. The average Bonchev–Trinajstić information content (AvgIpc) is 3.26. The monoisotopic (exact) mass is 510 g/mol. The third-order valence-corrected chi connectivity index (χ3v) is 5.43. The number of fused-ring (bicyclic) bond motifs is 1. The van der Waals surface area contributed by atoms with Crippen LogP contribution in [0.25, 0.3) is 16.7 Å². The molecule has 0 spiro atoms. The molecule has 2 aromatic heterocycles. The van der Waals surface area contributed by atoms with Gasteiger partial charge in [-0.15, -0.1) is 0 Å². The molecule has 0 unspecified atom stereocenters. The normalized spacial score (nSPS) is 11.4. The number of nitrogens with one attached hydrogen (secondary N) is 2. The van der Waals surface area contributed by atoms with Crippen molar-refractivity contribution in [3.8, 4) is 5.69 Å². The molecule has 4 aromatic rings. The van der Waals surface area contributed by atoms with Gasteiger partial charge in [-0.3, -0.25) is 19.0 Å². The van der Waals surface area contributed by atoms with Gasteiger partial charge in [0.05, 0.1) is 23.1 Å². The minimum absolute atomic E-state index is 0.143. The quantitative estimate of drug-likeness (QED) is 0.366. The predicted octanol–water partition coefficient (Wildman–Crippen LogP) is 3.93. The van der Waals surface area contributed by atoms with Gasteiger partial charge >= 0.3 is 6.18 Å². The predicted molar refractivity (Wildman–Crippen MR) is 131 cm³/mol. The van der Waals surface area contributed by atoms with E-state index in [9.17, 15) is 27.6 Å². The molecule has 0 radical (unpaired) electrons. The lowest BCUT2D eigenvalue weighted by Gasteiger charge is -2.15. The van der Waals surface area contributed by atoms with Crippen LogP contribution < -0.4 is 16.2 Å². The molecule has 0 atom stereocenters. The standard InChI is InChI=1S/C25H21F3N6O3/c1-3-20-32-23-17(24(37)34(20)19-8-6-5-7-18(19)31-21(35)4-2)13-29-33(23)14-22(36)30-16-11-9-15(10-12-16)25(26,27)28/h4-13H,2-3,14H2,1H3,(H,30,36)(H,31,35). The summed E-state index contributed by atoms with van der Waals surface area (Å²) in [5, 5.41) is 9.45. The first-order valence-corrected chi connectivity index (χ1v) is 11.1. The summed E-state index contributed by atoms with van der Waals surface area (Å²) in [6, 6.07) is 10.8. The molecule has 4 rings (SSSR count). The van der Waals surface area contributed by atoms with E-state index in [4.69, 9.17) is 0 Å². The number of rotatable bonds is 7. The number of hydrogen-bond acceptors (Lipinski definition) is 5. The van der Waals surface area contributed by atoms with Crippen LogP contribution in [0.3, 0.4) is 0 Å². The second-order valence-corrected chi connectivity index (χ2v) is 7.90. The van der Waals surface area contributed by atoms with Crippen molar-refractivity contribution < 1.29 is 22.8 Å². The highest BCUT2D eigenvalue weighted by atomic mass is 19.4. The molecule has 0 saturated carbocycles. The van der Waals surface area contributed by atoms with Crippen LogP contribution >= 0.6 is 0 Å². The Morgan fingerprint density at radius 2 is 1.78 bits per heavy atom. The number of aryl methyl sites for hydroxylation is 1. The molecule has 0 aliphatic rings. The first-order chi connectivity index (χ1) is 17.6. The molecular weight excluding hydrogens is 489 g/mol. The van der Waals surface area contributed by atoms with Gasteiger partial charge in [-0.05, 0) is 42.5 Å². The lowest BCUT2D eigenvalue weighted by atomic mass is 10.2. The molecule has 12 heteroatoms. The molecule has 2 amide bonds. The smallest absolute Gasteiger partial charge is 0.324 e. The topological polar surface area (TPSA) is 111 Å². The SMILES string of the molecule is C=CC(=O)Nc1ccccc1-n1c(CC)nc2c(cnn2CC(=O)Nc2ccc(C(F)(F)F)cc2)c1=O. The number of anilines is 2. The fraction of sp³-hybridized carbons (Fsp3) is 0.160. The number of amides is 2. The Labute approximate surface area is 208 Å². The Morgan fingerprint density at radius 1 is 1.08 bits per heavy atom. The number of nitrogens with zero attached hydrogens (tertiary/aromatic N) is 4. The van der Waals surface area contributed by atoms with Crippen molar-refractivity contribution in [3.63, 3.8) is 0 Å². The number of para-hydroxylation sites is 2. The van der Waals surface area contributed by atoms with Gasteiger partial charge in [-0.2, -0.15) is 18.3 Å². The van der Waals surface area contributed by atoms with Gasteiger partial charge < -0.3 is 10.6 Å². The van der Waals surface area contributed by atoms with Crippen LogP contribution in [0.5, 0.6) is 0 Å². The lowest BCUT2D eigenvalue weighted by molar-refractivity contribution is -0.137. The van der Waals surface area contributed by atoms with Crippen LogP contribution in [-0.2, 0) is 28.7 Å². The maximum absolute atomic E-state index is 13.5. The van der Waals surface area contributed by atoms with Gasteiger partial charge in [0.1, 0.15) is 17.8 Å². The minimum atomic E-state index is -4.48. The molecule has 9 nitrogen and oxygen atoms in total. The van der Waals surface area contributed by atoms with E-state index in [1.807, 2.05) is 0 Å². The summed E-state index contributed by atoms with van der Waals surface area (Å²) in [5.74, 6) is -0.645. The number of aromatic nitrogens is 4. The van der Waals surface area contributed by atoms with Crippen LogP contribution in [-0.4, -0.2) is 31.1 Å². The zero-order chi connectivity index (χ0) is 26.7. The van der Waals surface area contributed by atoms with Crippen LogP contribution in [0.15, 0.2) is 72.2 Å². The molecule has 2 aromatic carbocycles. The molecule has 190 valence electrons. The highest BCUT2D eigenvalue weighted by Gasteiger charge is 2.30. The fourth-order valence-corrected chi connectivity index (χ4v) is 3.70. The Morgan fingerprint density at radius 3 is 2.43 bits per heavy atom. The number of carbonyl (C=O) groups is 2. The van der Waals surface area contributed by atoms with Crippen molar-refractivity contribution in [1.29, 1.82) is 0 Å². The van der Waals surface area contributed by atoms with Crippen LogP contribution in [0.2, 0.25) is 0 Å². The van der Waals surface area contributed by atoms with Gasteiger partial charge in [0, 0.05) is 12.1 Å². The van der Waals surface area contributed by atoms with Crippen molar-refractivity contribution in [3.05, 3.63) is 89.1 Å². The summed E-state index contributed by atoms with van der Waals surface area (Å²) < 4.78 is 40.9. The Kier molecular flexibility index (Phi) is 6.92. The highest BCUT2D eigenvalue weighted by Crippen LogP contribution is 2.29. The van der Waals surface area contributed by atoms with E-state index in [1.165, 1.54) is 15.4 Å². The van der Waals surface area contributed by atoms with Gasteiger partial charge in [-0.1, -0.05) is 25.6 Å². The van der Waals surface area contributed by atoms with E-state index in [0.717, 1.165) is 30.3 Å². The van der Waals surface area contributed by atoms with Gasteiger partial charge in [0.2, 0.25) is 11.8 Å². The summed E-state index contributed by atoms with van der Waals surface area (Å²) in [4.78, 5) is 42.5. The number of alkyl halides is 3. The maximum Gasteiger partial charge on any atom is 0.416 e. The molecule has 2 heterocycles. The Balaban J connectivity index is 1.66. The highest BCUT2D eigenvalue weighted by molar-refractivity contribution is 6.00. The largest absolute Gasteiger partial charge is 0.416 e. The number of carbonyl (C=O) groups excluding carboxylic acids is 2. The zero-order valence-electron chi connectivity index (χ0n) is 19.5. The number of hydrogen-bond donors (Lipinski definition) is 2. The average molecular weight is 510 g/mol. The van der Waals surface area contributed by atoms with Crippen molar-refractivity contribution in [2.45, 2.75) is 26.1 Å². The van der Waals surface area contributed by atoms with Crippen LogP contribution in [0.4, 0.5) is 24.5 Å². The first kappa shape index (κ1) is 25.4. The molecule has 0 aliphatic heterocycles. The molecule has 0 bridgehead atoms. The Bertz CT molecular complexity index is 1550. The van der Waals surface area contributed by atoms with E-state index in [0.29, 0.717) is 23.6 Å². The van der Waals surface area contributed by atoms with Crippen LogP contribution in [0.1, 0.15) is 18.3 Å². The molecule has 0 fully saturated rings. The van der Waals surface area contributed by atoms with E-state index in [-0.39, 0.29) is 23.3 Å². The second kappa shape index (κ2) is 10.1. The van der Waals surface area contributed by atoms with E-state index >= 15 is 0 Å². The van der Waals surface area contributed by atoms with E-state index < -0.39 is 29.1 Å². The maximum atomic E-state index is 13.5. The van der Waals surface area contributed by atoms with Gasteiger partial charge in [0.25, 0.3) is 5.56 Å². The number of halogens is 3. The number of benzene rings is 2. The molecule has 0 saturated heterocycles. The second-order valence-electron chi connectivity index (χ2n) is 7.90. The third kappa shape index (κ3) is 5.27. The van der Waals surface area contributed by atoms with E-state index in [2.05, 4.69) is 27.3 Å². The van der Waals surface area contributed by atoms with E-state index in [1.54, 1.807) is 31.2 Å². The molecular formula is C25H21F3N6O3. The molecule has 2 N–H and O–H groups in total. The van der Waals surface area contributed by atoms with Crippen molar-refractivity contribution >= 4 is 34.2 Å². The first-order valence-electron chi connectivity index (χ1n) is 11.1. The summed E-state index contributed by atoms with van der Waals surface area (Å²) in [6.45, 7) is 4.91. The summed E-state index contributed by atoms with van der Waals surface area (Å²) >= 11 is 0. The zero-order valence-corrected chi connectivity index (χ0v) is 19.5. The lowest BCUT2D eigenvalue weighted by Crippen LogP contribution is -2.26. The van der Waals surface area contributed by atoms with Crippen molar-refractivity contribution in [2.24, 2.45) is 0 Å². The van der Waals surface area contributed by atoms with Crippen molar-refractivity contribution in [1.82, 2.24) is 19.3 Å².